The summed E-state index contributed by atoms with van der Waals surface area (Å²) in [5, 5.41) is 3.21. The highest BCUT2D eigenvalue weighted by Gasteiger charge is 2.41. The third-order valence-corrected chi connectivity index (χ3v) is 3.12. The molecule has 1 fully saturated rings. The molecule has 1 nitrogen and oxygen atoms in total. The summed E-state index contributed by atoms with van der Waals surface area (Å²) in [6, 6.07) is 0.0469. The van der Waals surface area contributed by atoms with Crippen LogP contribution in [0.3, 0.4) is 0 Å². The SMILES string of the molecule is C/C=C/CCNC1CCCC(C(F)(F)F)C1. The van der Waals surface area contributed by atoms with E-state index >= 15 is 0 Å². The van der Waals surface area contributed by atoms with Crippen LogP contribution in [0.5, 0.6) is 0 Å². The highest BCUT2D eigenvalue weighted by Crippen LogP contribution is 2.37. The van der Waals surface area contributed by atoms with E-state index in [1.54, 1.807) is 0 Å². The Balaban J connectivity index is 2.28. The molecular formula is C12H20F3N. The highest BCUT2D eigenvalue weighted by molar-refractivity contribution is 4.83. The van der Waals surface area contributed by atoms with Crippen LogP contribution in [0.15, 0.2) is 12.2 Å². The number of halogens is 3. The molecule has 0 spiro atoms. The molecule has 1 saturated carbocycles. The number of hydrogen-bond donors (Lipinski definition) is 1. The van der Waals surface area contributed by atoms with Gasteiger partial charge in [0.1, 0.15) is 0 Å². The van der Waals surface area contributed by atoms with Gasteiger partial charge in [0.05, 0.1) is 5.92 Å². The van der Waals surface area contributed by atoms with Crippen LogP contribution in [-0.2, 0) is 0 Å². The van der Waals surface area contributed by atoms with Gasteiger partial charge in [0.15, 0.2) is 0 Å². The van der Waals surface area contributed by atoms with Gasteiger partial charge >= 0.3 is 6.18 Å². The monoisotopic (exact) mass is 235 g/mol. The van der Waals surface area contributed by atoms with Crippen molar-refractivity contribution >= 4 is 0 Å². The van der Waals surface area contributed by atoms with E-state index in [1.807, 2.05) is 19.1 Å². The summed E-state index contributed by atoms with van der Waals surface area (Å²) >= 11 is 0. The largest absolute Gasteiger partial charge is 0.391 e. The molecule has 0 amide bonds. The summed E-state index contributed by atoms with van der Waals surface area (Å²) in [6.07, 6.45) is 2.98. The zero-order chi connectivity index (χ0) is 12.0. The quantitative estimate of drug-likeness (QED) is 0.579. The lowest BCUT2D eigenvalue weighted by Gasteiger charge is -2.31. The second kappa shape index (κ2) is 6.28. The van der Waals surface area contributed by atoms with Gasteiger partial charge in [-0.1, -0.05) is 18.6 Å². The van der Waals surface area contributed by atoms with E-state index in [1.165, 1.54) is 0 Å². The van der Waals surface area contributed by atoms with Gasteiger partial charge in [-0.25, -0.2) is 0 Å². The minimum Gasteiger partial charge on any atom is -0.314 e. The van der Waals surface area contributed by atoms with Crippen molar-refractivity contribution in [2.24, 2.45) is 5.92 Å². The summed E-state index contributed by atoms with van der Waals surface area (Å²) in [4.78, 5) is 0. The number of alkyl halides is 3. The maximum absolute atomic E-state index is 12.5. The van der Waals surface area contributed by atoms with E-state index < -0.39 is 12.1 Å². The molecule has 94 valence electrons. The predicted octanol–water partition coefficient (Wildman–Crippen LogP) is 3.66. The van der Waals surface area contributed by atoms with E-state index in [0.29, 0.717) is 12.8 Å². The lowest BCUT2D eigenvalue weighted by atomic mass is 9.85. The molecule has 0 aromatic rings. The topological polar surface area (TPSA) is 12.0 Å². The molecule has 0 heterocycles. The fourth-order valence-electron chi connectivity index (χ4n) is 2.21. The van der Waals surface area contributed by atoms with Crippen molar-refractivity contribution in [3.63, 3.8) is 0 Å². The Kier molecular flexibility index (Phi) is 5.32. The Morgan fingerprint density at radius 3 is 2.69 bits per heavy atom. The first-order valence-electron chi connectivity index (χ1n) is 5.95. The molecule has 2 atom stereocenters. The molecule has 1 rings (SSSR count). The van der Waals surface area contributed by atoms with Crippen molar-refractivity contribution < 1.29 is 13.2 Å². The second-order valence-corrected chi connectivity index (χ2v) is 4.41. The van der Waals surface area contributed by atoms with Crippen LogP contribution in [0.1, 0.15) is 39.0 Å². The van der Waals surface area contributed by atoms with Crippen molar-refractivity contribution in [1.82, 2.24) is 5.32 Å². The van der Waals surface area contributed by atoms with Gasteiger partial charge in [0, 0.05) is 6.04 Å². The van der Waals surface area contributed by atoms with Crippen molar-refractivity contribution in [3.8, 4) is 0 Å². The summed E-state index contributed by atoms with van der Waals surface area (Å²) in [5.74, 6) is -1.10. The molecule has 0 aromatic carbocycles. The van der Waals surface area contributed by atoms with Gasteiger partial charge in [-0.15, -0.1) is 0 Å². The first-order chi connectivity index (χ1) is 7.54. The van der Waals surface area contributed by atoms with E-state index in [4.69, 9.17) is 0 Å². The smallest absolute Gasteiger partial charge is 0.314 e. The Hall–Kier alpha value is -0.510. The Labute approximate surface area is 95.1 Å². The average Bonchev–Trinajstić information content (AvgIpc) is 2.24. The molecule has 0 bridgehead atoms. The van der Waals surface area contributed by atoms with Gasteiger partial charge < -0.3 is 5.32 Å². The molecule has 16 heavy (non-hydrogen) atoms. The first kappa shape index (κ1) is 13.6. The van der Waals surface area contributed by atoms with Crippen LogP contribution in [0.25, 0.3) is 0 Å². The van der Waals surface area contributed by atoms with Gasteiger partial charge in [0.2, 0.25) is 0 Å². The molecule has 4 heteroatoms. The molecule has 1 aliphatic rings. The van der Waals surface area contributed by atoms with Crippen LogP contribution in [-0.4, -0.2) is 18.8 Å². The highest BCUT2D eigenvalue weighted by atomic mass is 19.4. The number of hydrogen-bond acceptors (Lipinski definition) is 1. The maximum Gasteiger partial charge on any atom is 0.391 e. The van der Waals surface area contributed by atoms with E-state index in [-0.39, 0.29) is 12.5 Å². The maximum atomic E-state index is 12.5. The van der Waals surface area contributed by atoms with Crippen LogP contribution >= 0.6 is 0 Å². The summed E-state index contributed by atoms with van der Waals surface area (Å²) in [5.41, 5.74) is 0. The summed E-state index contributed by atoms with van der Waals surface area (Å²) < 4.78 is 37.6. The number of nitrogens with one attached hydrogen (secondary N) is 1. The molecule has 1 N–H and O–H groups in total. The number of allylic oxidation sites excluding steroid dienone is 1. The Morgan fingerprint density at radius 2 is 2.06 bits per heavy atom. The third kappa shape index (κ3) is 4.56. The summed E-state index contributed by atoms with van der Waals surface area (Å²) in [7, 11) is 0. The van der Waals surface area contributed by atoms with Gasteiger partial charge in [-0.2, -0.15) is 13.2 Å². The average molecular weight is 235 g/mol. The molecule has 0 saturated heterocycles. The lowest BCUT2D eigenvalue weighted by Crippen LogP contribution is -2.39. The van der Waals surface area contributed by atoms with Crippen molar-refractivity contribution in [2.45, 2.75) is 51.2 Å². The van der Waals surface area contributed by atoms with Gasteiger partial charge in [-0.3, -0.25) is 0 Å². The van der Waals surface area contributed by atoms with Crippen molar-refractivity contribution in [3.05, 3.63) is 12.2 Å². The van der Waals surface area contributed by atoms with E-state index in [0.717, 1.165) is 19.4 Å². The molecular weight excluding hydrogens is 215 g/mol. The molecule has 0 aliphatic heterocycles. The Bertz CT molecular complexity index is 223. The molecule has 2 unspecified atom stereocenters. The van der Waals surface area contributed by atoms with E-state index in [9.17, 15) is 13.2 Å². The van der Waals surface area contributed by atoms with E-state index in [2.05, 4.69) is 5.32 Å². The molecule has 0 radical (unpaired) electrons. The fourth-order valence-corrected chi connectivity index (χ4v) is 2.21. The normalized spacial score (nSPS) is 27.5. The van der Waals surface area contributed by atoms with Crippen molar-refractivity contribution in [1.29, 1.82) is 0 Å². The third-order valence-electron chi connectivity index (χ3n) is 3.12. The van der Waals surface area contributed by atoms with Crippen LogP contribution < -0.4 is 5.32 Å². The first-order valence-corrected chi connectivity index (χ1v) is 5.95. The van der Waals surface area contributed by atoms with Crippen LogP contribution in [0.2, 0.25) is 0 Å². The molecule has 0 aromatic heterocycles. The van der Waals surface area contributed by atoms with Crippen LogP contribution in [0, 0.1) is 5.92 Å². The standard InChI is InChI=1S/C12H20F3N/c1-2-3-4-8-16-11-7-5-6-10(9-11)12(13,14)15/h2-3,10-11,16H,4-9H2,1H3/b3-2+. The van der Waals surface area contributed by atoms with Crippen LogP contribution in [0.4, 0.5) is 13.2 Å². The van der Waals surface area contributed by atoms with Gasteiger partial charge in [-0.05, 0) is 39.2 Å². The van der Waals surface area contributed by atoms with Crippen molar-refractivity contribution in [2.75, 3.05) is 6.54 Å². The fraction of sp³-hybridized carbons (Fsp3) is 0.833. The minimum absolute atomic E-state index is 0.0469. The minimum atomic E-state index is -4.01. The zero-order valence-electron chi connectivity index (χ0n) is 9.69. The predicted molar refractivity (Wildman–Crippen MR) is 59.2 cm³/mol. The van der Waals surface area contributed by atoms with Gasteiger partial charge in [0.25, 0.3) is 0 Å². The Morgan fingerprint density at radius 1 is 1.31 bits per heavy atom. The lowest BCUT2D eigenvalue weighted by molar-refractivity contribution is -0.183. The zero-order valence-corrected chi connectivity index (χ0v) is 9.69. The molecule has 1 aliphatic carbocycles. The second-order valence-electron chi connectivity index (χ2n) is 4.41. The number of rotatable bonds is 4. The summed E-state index contributed by atoms with van der Waals surface area (Å²) in [6.45, 7) is 2.72.